The first-order valence-electron chi connectivity index (χ1n) is 9.49. The topological polar surface area (TPSA) is 88.5 Å². The highest BCUT2D eigenvalue weighted by molar-refractivity contribution is 6.09. The molecule has 2 N–H and O–H groups in total. The van der Waals surface area contributed by atoms with Gasteiger partial charge in [0.25, 0.3) is 0 Å². The fourth-order valence-corrected chi connectivity index (χ4v) is 3.25. The van der Waals surface area contributed by atoms with E-state index >= 15 is 0 Å². The lowest BCUT2D eigenvalue weighted by Crippen LogP contribution is -2.34. The molecule has 0 aliphatic heterocycles. The molecule has 7 heteroatoms. The minimum Gasteiger partial charge on any atom is -0.478 e. The van der Waals surface area contributed by atoms with Gasteiger partial charge in [0.05, 0.1) is 17.3 Å². The summed E-state index contributed by atoms with van der Waals surface area (Å²) in [5.41, 5.74) is 0.315. The van der Waals surface area contributed by atoms with Crippen LogP contribution in [0.4, 0.5) is 9.18 Å². The molecule has 1 heterocycles. The van der Waals surface area contributed by atoms with Crippen LogP contribution in [0.2, 0.25) is 0 Å². The third-order valence-electron chi connectivity index (χ3n) is 4.41. The van der Waals surface area contributed by atoms with Gasteiger partial charge in [-0.15, -0.1) is 0 Å². The van der Waals surface area contributed by atoms with Gasteiger partial charge in [-0.3, -0.25) is 0 Å². The number of ether oxygens (including phenoxy) is 1. The summed E-state index contributed by atoms with van der Waals surface area (Å²) in [6.07, 6.45) is -0.679. The Morgan fingerprint density at radius 3 is 2.37 bits per heavy atom. The van der Waals surface area contributed by atoms with E-state index in [0.29, 0.717) is 11.1 Å². The number of carbonyl (C=O) groups excluding carboxylic acids is 1. The van der Waals surface area contributed by atoms with Crippen molar-refractivity contribution < 1.29 is 23.8 Å². The summed E-state index contributed by atoms with van der Waals surface area (Å²) in [7, 11) is 0. The molecule has 1 unspecified atom stereocenters. The van der Waals surface area contributed by atoms with Crippen LogP contribution in [0.5, 0.6) is 0 Å². The number of amides is 1. The van der Waals surface area contributed by atoms with E-state index in [1.807, 2.05) is 0 Å². The Kier molecular flexibility index (Phi) is 5.73. The molecule has 0 radical (unpaired) electrons. The predicted octanol–water partition coefficient (Wildman–Crippen LogP) is 5.32. The second kappa shape index (κ2) is 8.10. The number of alkyl carbamates (subject to hydrolysis) is 1. The number of carboxylic acid groups (broad SMARTS) is 1. The Morgan fingerprint density at radius 1 is 1.10 bits per heavy atom. The number of para-hydroxylation sites is 1. The molecule has 6 nitrogen and oxygen atoms in total. The average molecular weight is 410 g/mol. The molecule has 30 heavy (non-hydrogen) atoms. The quantitative estimate of drug-likeness (QED) is 0.607. The summed E-state index contributed by atoms with van der Waals surface area (Å²) in [5, 5.41) is 12.9. The minimum atomic E-state index is -1.21. The van der Waals surface area contributed by atoms with Gasteiger partial charge in [-0.1, -0.05) is 42.5 Å². The van der Waals surface area contributed by atoms with Gasteiger partial charge in [0.1, 0.15) is 16.9 Å². The van der Waals surface area contributed by atoms with Crippen LogP contribution in [0.1, 0.15) is 49.8 Å². The largest absolute Gasteiger partial charge is 0.478 e. The number of carbonyl (C=O) groups is 2. The van der Waals surface area contributed by atoms with Crippen molar-refractivity contribution in [3.05, 3.63) is 65.6 Å². The molecule has 0 bridgehead atoms. The van der Waals surface area contributed by atoms with Crippen LogP contribution in [0.25, 0.3) is 22.0 Å². The molecule has 0 aliphatic rings. The van der Waals surface area contributed by atoms with Crippen LogP contribution >= 0.6 is 0 Å². The van der Waals surface area contributed by atoms with Gasteiger partial charge in [0.2, 0.25) is 0 Å². The number of rotatable bonds is 4. The van der Waals surface area contributed by atoms with Crippen LogP contribution in [-0.4, -0.2) is 27.8 Å². The van der Waals surface area contributed by atoms with E-state index in [4.69, 9.17) is 4.74 Å². The van der Waals surface area contributed by atoms with E-state index < -0.39 is 29.5 Å². The molecule has 2 aromatic carbocycles. The van der Waals surface area contributed by atoms with E-state index in [9.17, 15) is 19.1 Å². The Balaban J connectivity index is 2.25. The number of nitrogens with one attached hydrogen (secondary N) is 1. The number of benzene rings is 2. The molecule has 1 amide bonds. The number of halogens is 1. The van der Waals surface area contributed by atoms with Gasteiger partial charge in [-0.25, -0.2) is 19.0 Å². The highest BCUT2D eigenvalue weighted by Crippen LogP contribution is 2.36. The highest BCUT2D eigenvalue weighted by atomic mass is 19.1. The SMILES string of the molecule is CC(NC(=O)OC(C)(C)C)c1nc2c(F)cccc2c(C(=O)O)c1-c1ccccc1. The molecular weight excluding hydrogens is 387 g/mol. The zero-order valence-electron chi connectivity index (χ0n) is 17.2. The number of hydrogen-bond acceptors (Lipinski definition) is 4. The van der Waals surface area contributed by atoms with Gasteiger partial charge in [-0.05, 0) is 39.3 Å². The lowest BCUT2D eigenvalue weighted by Gasteiger charge is -2.24. The summed E-state index contributed by atoms with van der Waals surface area (Å²) < 4.78 is 19.8. The Bertz CT molecular complexity index is 1110. The van der Waals surface area contributed by atoms with Crippen LogP contribution in [0, 0.1) is 5.82 Å². The van der Waals surface area contributed by atoms with Crippen molar-refractivity contribution in [3.63, 3.8) is 0 Å². The number of hydrogen-bond donors (Lipinski definition) is 2. The van der Waals surface area contributed by atoms with Gasteiger partial charge < -0.3 is 15.2 Å². The number of nitrogens with zero attached hydrogens (tertiary/aromatic N) is 1. The second-order valence-electron chi connectivity index (χ2n) is 7.92. The maximum Gasteiger partial charge on any atom is 0.408 e. The van der Waals surface area contributed by atoms with E-state index in [2.05, 4.69) is 10.3 Å². The predicted molar refractivity (Wildman–Crippen MR) is 112 cm³/mol. The van der Waals surface area contributed by atoms with E-state index in [1.165, 1.54) is 18.2 Å². The molecule has 1 atom stereocenters. The molecule has 3 aromatic rings. The van der Waals surface area contributed by atoms with Crippen molar-refractivity contribution in [3.8, 4) is 11.1 Å². The summed E-state index contributed by atoms with van der Waals surface area (Å²) in [5.74, 6) is -1.85. The summed E-state index contributed by atoms with van der Waals surface area (Å²) in [4.78, 5) is 29.0. The molecular formula is C23H23FN2O4. The Labute approximate surface area is 173 Å². The third-order valence-corrected chi connectivity index (χ3v) is 4.41. The first-order valence-corrected chi connectivity index (χ1v) is 9.49. The standard InChI is InChI=1S/C23H23FN2O4/c1-13(25-22(29)30-23(2,3)4)19-17(14-9-6-5-7-10-14)18(21(27)28)15-11-8-12-16(24)20(15)26-19/h5-13H,1-4H3,(H,25,29)(H,27,28). The summed E-state index contributed by atoms with van der Waals surface area (Å²) in [6, 6.07) is 12.3. The lowest BCUT2D eigenvalue weighted by atomic mass is 9.92. The van der Waals surface area contributed by atoms with E-state index in [-0.39, 0.29) is 22.2 Å². The second-order valence-corrected chi connectivity index (χ2v) is 7.92. The smallest absolute Gasteiger partial charge is 0.408 e. The van der Waals surface area contributed by atoms with Crippen molar-refractivity contribution >= 4 is 23.0 Å². The number of carboxylic acids is 1. The maximum atomic E-state index is 14.5. The zero-order chi connectivity index (χ0) is 22.1. The van der Waals surface area contributed by atoms with Gasteiger partial charge in [-0.2, -0.15) is 0 Å². The van der Waals surface area contributed by atoms with E-state index in [1.54, 1.807) is 58.0 Å². The zero-order valence-corrected chi connectivity index (χ0v) is 17.2. The Hall–Kier alpha value is -3.48. The molecule has 0 aliphatic carbocycles. The normalized spacial score (nSPS) is 12.4. The molecule has 156 valence electrons. The molecule has 1 aromatic heterocycles. The molecule has 0 fully saturated rings. The number of aromatic carboxylic acids is 1. The lowest BCUT2D eigenvalue weighted by molar-refractivity contribution is 0.0507. The number of fused-ring (bicyclic) bond motifs is 1. The Morgan fingerprint density at radius 2 is 1.77 bits per heavy atom. The summed E-state index contributed by atoms with van der Waals surface area (Å²) >= 11 is 0. The van der Waals surface area contributed by atoms with E-state index in [0.717, 1.165) is 0 Å². The minimum absolute atomic E-state index is 0.0672. The monoisotopic (exact) mass is 410 g/mol. The van der Waals surface area contributed by atoms with Crippen LogP contribution in [-0.2, 0) is 4.74 Å². The highest BCUT2D eigenvalue weighted by Gasteiger charge is 2.27. The molecule has 0 saturated heterocycles. The fraction of sp³-hybridized carbons (Fsp3) is 0.261. The first kappa shape index (κ1) is 21.2. The summed E-state index contributed by atoms with van der Waals surface area (Å²) in [6.45, 7) is 6.85. The first-order chi connectivity index (χ1) is 14.1. The van der Waals surface area contributed by atoms with Gasteiger partial charge in [0, 0.05) is 10.9 Å². The van der Waals surface area contributed by atoms with Crippen molar-refractivity contribution in [1.29, 1.82) is 0 Å². The third kappa shape index (κ3) is 4.40. The average Bonchev–Trinajstić information content (AvgIpc) is 2.65. The van der Waals surface area contributed by atoms with Crippen molar-refractivity contribution in [2.45, 2.75) is 39.3 Å². The molecule has 0 spiro atoms. The number of pyridine rings is 1. The molecule has 3 rings (SSSR count). The fourth-order valence-electron chi connectivity index (χ4n) is 3.25. The van der Waals surface area contributed by atoms with Crippen molar-refractivity contribution in [2.24, 2.45) is 0 Å². The van der Waals surface area contributed by atoms with Crippen molar-refractivity contribution in [2.75, 3.05) is 0 Å². The maximum absolute atomic E-state index is 14.5. The van der Waals surface area contributed by atoms with Crippen LogP contribution < -0.4 is 5.32 Å². The van der Waals surface area contributed by atoms with Gasteiger partial charge >= 0.3 is 12.1 Å². The number of aromatic nitrogens is 1. The van der Waals surface area contributed by atoms with Gasteiger partial charge in [0.15, 0.2) is 0 Å². The molecule has 0 saturated carbocycles. The van der Waals surface area contributed by atoms with Crippen molar-refractivity contribution in [1.82, 2.24) is 10.3 Å². The van der Waals surface area contributed by atoms with Crippen LogP contribution in [0.15, 0.2) is 48.5 Å². The van der Waals surface area contributed by atoms with Crippen LogP contribution in [0.3, 0.4) is 0 Å².